The van der Waals surface area contributed by atoms with Crippen LogP contribution in [0.3, 0.4) is 0 Å². The number of piperidine rings is 1. The van der Waals surface area contributed by atoms with Gasteiger partial charge in [-0.05, 0) is 24.3 Å². The number of quaternary nitrogens is 2. The van der Waals surface area contributed by atoms with Gasteiger partial charge in [0.05, 0.1) is 33.2 Å². The fourth-order valence-corrected chi connectivity index (χ4v) is 3.19. The van der Waals surface area contributed by atoms with Crippen molar-refractivity contribution in [2.45, 2.75) is 25.0 Å². The van der Waals surface area contributed by atoms with Crippen molar-refractivity contribution in [2.24, 2.45) is 0 Å². The standard InChI is InChI=1S/C16H25BrN2O2/c1-18-9-7-14(8-10-18)19(2)11-15(20)12-21-16-5-3-13(17)4-6-16/h3-6,14-15,20H,7-12H2,1-2H3/p+2/t15-/m1/s1. The predicted octanol–water partition coefficient (Wildman–Crippen LogP) is -0.619. The van der Waals surface area contributed by atoms with Crippen LogP contribution in [0.25, 0.3) is 0 Å². The Hall–Kier alpha value is -0.620. The summed E-state index contributed by atoms with van der Waals surface area (Å²) in [6.07, 6.45) is 2.08. The minimum atomic E-state index is -0.416. The van der Waals surface area contributed by atoms with E-state index in [0.29, 0.717) is 12.6 Å². The Kier molecular flexibility index (Phi) is 6.48. The molecular weight excluding hydrogens is 332 g/mol. The molecule has 0 aromatic heterocycles. The lowest BCUT2D eigenvalue weighted by molar-refractivity contribution is -0.941. The maximum atomic E-state index is 10.2. The molecule has 1 aliphatic heterocycles. The zero-order valence-corrected chi connectivity index (χ0v) is 14.5. The van der Waals surface area contributed by atoms with Crippen LogP contribution < -0.4 is 14.5 Å². The summed E-state index contributed by atoms with van der Waals surface area (Å²) >= 11 is 3.40. The van der Waals surface area contributed by atoms with Gasteiger partial charge in [0.25, 0.3) is 0 Å². The minimum Gasteiger partial charge on any atom is -0.491 e. The molecule has 0 amide bonds. The first kappa shape index (κ1) is 16.7. The molecule has 1 saturated heterocycles. The van der Waals surface area contributed by atoms with Gasteiger partial charge in [-0.25, -0.2) is 0 Å². The first-order valence-corrected chi connectivity index (χ1v) is 8.54. The summed E-state index contributed by atoms with van der Waals surface area (Å²) in [5.74, 6) is 0.804. The van der Waals surface area contributed by atoms with Gasteiger partial charge in [0.2, 0.25) is 0 Å². The number of hydrogen-bond donors (Lipinski definition) is 3. The maximum Gasteiger partial charge on any atom is 0.137 e. The SMILES string of the molecule is C[NH+]1CCC([NH+](C)C[C@@H](O)COc2ccc(Br)cc2)CC1. The molecule has 2 atom stereocenters. The van der Waals surface area contributed by atoms with Gasteiger partial charge < -0.3 is 19.6 Å². The normalized spacial score (nSPS) is 25.3. The van der Waals surface area contributed by atoms with Gasteiger partial charge in [-0.1, -0.05) is 15.9 Å². The summed E-state index contributed by atoms with van der Waals surface area (Å²) < 4.78 is 6.67. The predicted molar refractivity (Wildman–Crippen MR) is 87.0 cm³/mol. The Bertz CT molecular complexity index is 419. The van der Waals surface area contributed by atoms with Gasteiger partial charge in [0, 0.05) is 17.3 Å². The Labute approximate surface area is 135 Å². The molecule has 118 valence electrons. The Morgan fingerprint density at radius 3 is 2.57 bits per heavy atom. The van der Waals surface area contributed by atoms with E-state index in [-0.39, 0.29) is 0 Å². The van der Waals surface area contributed by atoms with Gasteiger partial charge in [0.1, 0.15) is 25.0 Å². The fraction of sp³-hybridized carbons (Fsp3) is 0.625. The van der Waals surface area contributed by atoms with E-state index in [1.54, 1.807) is 4.90 Å². The van der Waals surface area contributed by atoms with Crippen LogP contribution in [0.4, 0.5) is 0 Å². The number of likely N-dealkylation sites (tertiary alicyclic amines) is 1. The first-order valence-electron chi connectivity index (χ1n) is 7.74. The number of ether oxygens (including phenoxy) is 1. The molecule has 1 unspecified atom stereocenters. The number of rotatable bonds is 6. The van der Waals surface area contributed by atoms with E-state index in [9.17, 15) is 5.11 Å². The molecule has 1 heterocycles. The Morgan fingerprint density at radius 2 is 1.95 bits per heavy atom. The van der Waals surface area contributed by atoms with Crippen LogP contribution in [0.15, 0.2) is 28.7 Å². The Morgan fingerprint density at radius 1 is 1.33 bits per heavy atom. The average molecular weight is 359 g/mol. The van der Waals surface area contributed by atoms with Crippen LogP contribution in [0.5, 0.6) is 5.75 Å². The molecule has 0 saturated carbocycles. The second kappa shape index (κ2) is 8.13. The highest BCUT2D eigenvalue weighted by molar-refractivity contribution is 9.10. The van der Waals surface area contributed by atoms with Crippen LogP contribution in [0.1, 0.15) is 12.8 Å². The highest BCUT2D eigenvalue weighted by atomic mass is 79.9. The van der Waals surface area contributed by atoms with Crippen molar-refractivity contribution in [3.8, 4) is 5.75 Å². The van der Waals surface area contributed by atoms with E-state index in [1.165, 1.54) is 30.8 Å². The molecule has 4 nitrogen and oxygen atoms in total. The van der Waals surface area contributed by atoms with Crippen LogP contribution in [0, 0.1) is 0 Å². The molecule has 3 N–H and O–H groups in total. The van der Waals surface area contributed by atoms with E-state index in [1.807, 2.05) is 24.3 Å². The molecule has 1 aliphatic rings. The summed E-state index contributed by atoms with van der Waals surface area (Å²) in [6, 6.07) is 8.39. The zero-order chi connectivity index (χ0) is 15.2. The van der Waals surface area contributed by atoms with Crippen LogP contribution >= 0.6 is 15.9 Å². The van der Waals surface area contributed by atoms with Crippen molar-refractivity contribution in [1.29, 1.82) is 0 Å². The summed E-state index contributed by atoms with van der Waals surface area (Å²) in [5, 5.41) is 10.2. The molecule has 1 aromatic rings. The van der Waals surface area contributed by atoms with E-state index in [0.717, 1.165) is 16.8 Å². The number of aliphatic hydroxyl groups is 1. The van der Waals surface area contributed by atoms with Crippen LogP contribution in [0.2, 0.25) is 0 Å². The minimum absolute atomic E-state index is 0.358. The smallest absolute Gasteiger partial charge is 0.137 e. The Balaban J connectivity index is 1.71. The second-order valence-corrected chi connectivity index (χ2v) is 7.12. The summed E-state index contributed by atoms with van der Waals surface area (Å²) in [4.78, 5) is 3.05. The fourth-order valence-electron chi connectivity index (χ4n) is 2.92. The largest absolute Gasteiger partial charge is 0.491 e. The monoisotopic (exact) mass is 358 g/mol. The number of nitrogens with one attached hydrogen (secondary N) is 2. The number of likely N-dealkylation sites (N-methyl/N-ethyl adjacent to an activating group) is 1. The van der Waals surface area contributed by atoms with Crippen molar-refractivity contribution < 1.29 is 19.6 Å². The van der Waals surface area contributed by atoms with E-state index < -0.39 is 6.10 Å². The van der Waals surface area contributed by atoms with Crippen LogP contribution in [-0.4, -0.2) is 57.6 Å². The highest BCUT2D eigenvalue weighted by Gasteiger charge is 2.27. The molecule has 0 radical (unpaired) electrons. The van der Waals surface area contributed by atoms with Gasteiger partial charge in [-0.2, -0.15) is 0 Å². The lowest BCUT2D eigenvalue weighted by atomic mass is 10.0. The van der Waals surface area contributed by atoms with Gasteiger partial charge in [-0.3, -0.25) is 0 Å². The topological polar surface area (TPSA) is 38.3 Å². The second-order valence-electron chi connectivity index (χ2n) is 6.20. The lowest BCUT2D eigenvalue weighted by Gasteiger charge is -2.31. The molecule has 2 rings (SSSR count). The molecule has 0 bridgehead atoms. The third-order valence-electron chi connectivity index (χ3n) is 4.35. The summed E-state index contributed by atoms with van der Waals surface area (Å²) in [7, 11) is 4.45. The quantitative estimate of drug-likeness (QED) is 0.634. The number of aliphatic hydroxyl groups excluding tert-OH is 1. The van der Waals surface area contributed by atoms with Gasteiger partial charge >= 0.3 is 0 Å². The third-order valence-corrected chi connectivity index (χ3v) is 4.88. The molecule has 21 heavy (non-hydrogen) atoms. The van der Waals surface area contributed by atoms with Crippen molar-refractivity contribution >= 4 is 15.9 Å². The molecule has 1 aromatic carbocycles. The van der Waals surface area contributed by atoms with E-state index >= 15 is 0 Å². The molecule has 0 aliphatic carbocycles. The van der Waals surface area contributed by atoms with Crippen molar-refractivity contribution in [3.05, 3.63) is 28.7 Å². The van der Waals surface area contributed by atoms with Crippen molar-refractivity contribution in [3.63, 3.8) is 0 Å². The highest BCUT2D eigenvalue weighted by Crippen LogP contribution is 2.16. The molecular formula is C16H27BrN2O2+2. The summed E-state index contributed by atoms with van der Waals surface area (Å²) in [6.45, 7) is 3.60. The average Bonchev–Trinajstić information content (AvgIpc) is 2.47. The number of hydrogen-bond acceptors (Lipinski definition) is 2. The van der Waals surface area contributed by atoms with Gasteiger partial charge in [0.15, 0.2) is 0 Å². The van der Waals surface area contributed by atoms with Crippen molar-refractivity contribution in [1.82, 2.24) is 0 Å². The zero-order valence-electron chi connectivity index (χ0n) is 12.9. The first-order chi connectivity index (χ1) is 10.0. The van der Waals surface area contributed by atoms with Gasteiger partial charge in [-0.15, -0.1) is 0 Å². The number of benzene rings is 1. The van der Waals surface area contributed by atoms with E-state index in [4.69, 9.17) is 4.74 Å². The molecule has 1 fully saturated rings. The maximum absolute atomic E-state index is 10.2. The third kappa shape index (κ3) is 5.58. The molecule has 5 heteroatoms. The van der Waals surface area contributed by atoms with Crippen LogP contribution in [-0.2, 0) is 0 Å². The molecule has 0 spiro atoms. The van der Waals surface area contributed by atoms with Crippen molar-refractivity contribution in [2.75, 3.05) is 40.3 Å². The van der Waals surface area contributed by atoms with E-state index in [2.05, 4.69) is 30.0 Å². The lowest BCUT2D eigenvalue weighted by Crippen LogP contribution is -3.18. The summed E-state index contributed by atoms with van der Waals surface area (Å²) in [5.41, 5.74) is 0. The number of halogens is 1.